The van der Waals surface area contributed by atoms with Gasteiger partial charge in [0.05, 0.1) is 6.26 Å². The molecule has 0 aliphatic carbocycles. The van der Waals surface area contributed by atoms with Crippen LogP contribution in [0.1, 0.15) is 18.5 Å². The Morgan fingerprint density at radius 3 is 2.55 bits per heavy atom. The van der Waals surface area contributed by atoms with Gasteiger partial charge in [0.2, 0.25) is 17.5 Å². The Balaban J connectivity index is 1.43. The van der Waals surface area contributed by atoms with Gasteiger partial charge in [0.15, 0.2) is 5.76 Å². The van der Waals surface area contributed by atoms with Crippen molar-refractivity contribution in [2.75, 3.05) is 23.3 Å². The van der Waals surface area contributed by atoms with Crippen LogP contribution in [0, 0.1) is 28.9 Å². The highest BCUT2D eigenvalue weighted by atomic mass is 19.1. The number of piperidine rings is 1. The van der Waals surface area contributed by atoms with Crippen molar-refractivity contribution in [1.82, 2.24) is 4.98 Å². The zero-order valence-electron chi connectivity index (χ0n) is 15.2. The summed E-state index contributed by atoms with van der Waals surface area (Å²) in [5, 5.41) is 11.7. The van der Waals surface area contributed by atoms with Gasteiger partial charge < -0.3 is 19.1 Å². The molecule has 0 unspecified atom stereocenters. The molecule has 3 aromatic rings. The number of hydrogen-bond donors (Lipinski definition) is 1. The standard InChI is InChI=1S/C20H16F2N4O3/c21-13-3-1-4-14(22)17(13)25-18(27)12-6-8-26(9-7-12)20-15(11-23)24-19(29-20)16-5-2-10-28-16/h1-5,10,12H,6-9H2,(H,25,27). The molecule has 2 aromatic heterocycles. The lowest BCUT2D eigenvalue weighted by Crippen LogP contribution is -2.38. The molecule has 148 valence electrons. The van der Waals surface area contributed by atoms with Crippen LogP contribution < -0.4 is 10.2 Å². The maximum atomic E-state index is 13.7. The first-order chi connectivity index (χ1) is 14.1. The molecule has 0 atom stereocenters. The van der Waals surface area contributed by atoms with Gasteiger partial charge in [-0.05, 0) is 37.1 Å². The number of hydrogen-bond acceptors (Lipinski definition) is 6. The lowest BCUT2D eigenvalue weighted by atomic mass is 9.95. The number of furan rings is 1. The van der Waals surface area contributed by atoms with E-state index in [1.165, 1.54) is 12.3 Å². The largest absolute Gasteiger partial charge is 0.459 e. The molecule has 1 amide bonds. The summed E-state index contributed by atoms with van der Waals surface area (Å²) in [6, 6.07) is 8.78. The maximum absolute atomic E-state index is 13.7. The summed E-state index contributed by atoms with van der Waals surface area (Å²) in [6.07, 6.45) is 2.35. The van der Waals surface area contributed by atoms with E-state index in [9.17, 15) is 18.8 Å². The number of oxazole rings is 1. The van der Waals surface area contributed by atoms with Crippen LogP contribution in [-0.4, -0.2) is 24.0 Å². The van der Waals surface area contributed by atoms with Crippen LogP contribution >= 0.6 is 0 Å². The van der Waals surface area contributed by atoms with Gasteiger partial charge in [-0.1, -0.05) is 6.07 Å². The average molecular weight is 398 g/mol. The Morgan fingerprint density at radius 2 is 1.93 bits per heavy atom. The molecule has 1 fully saturated rings. The fourth-order valence-corrected chi connectivity index (χ4v) is 3.29. The van der Waals surface area contributed by atoms with Crippen LogP contribution in [0.25, 0.3) is 11.7 Å². The van der Waals surface area contributed by atoms with E-state index in [4.69, 9.17) is 8.83 Å². The van der Waals surface area contributed by atoms with E-state index in [0.717, 1.165) is 12.1 Å². The number of carbonyl (C=O) groups is 1. The molecule has 3 heterocycles. The van der Waals surface area contributed by atoms with Crippen LogP contribution in [0.4, 0.5) is 20.4 Å². The molecule has 4 rings (SSSR count). The second-order valence-corrected chi connectivity index (χ2v) is 6.61. The quantitative estimate of drug-likeness (QED) is 0.715. The Hall–Kier alpha value is -3.67. The van der Waals surface area contributed by atoms with E-state index in [1.807, 2.05) is 11.0 Å². The van der Waals surface area contributed by atoms with Crippen molar-refractivity contribution in [2.45, 2.75) is 12.8 Å². The molecule has 1 aliphatic rings. The van der Waals surface area contributed by atoms with E-state index >= 15 is 0 Å². The molecular formula is C20H16F2N4O3. The molecule has 0 spiro atoms. The average Bonchev–Trinajstić information content (AvgIpc) is 3.40. The SMILES string of the molecule is N#Cc1nc(-c2ccco2)oc1N1CCC(C(=O)Nc2c(F)cccc2F)CC1. The van der Waals surface area contributed by atoms with Crippen molar-refractivity contribution in [2.24, 2.45) is 5.92 Å². The second-order valence-electron chi connectivity index (χ2n) is 6.61. The predicted octanol–water partition coefficient (Wildman–Crippen LogP) is 3.94. The maximum Gasteiger partial charge on any atom is 0.266 e. The van der Waals surface area contributed by atoms with E-state index in [1.54, 1.807) is 12.1 Å². The zero-order valence-corrected chi connectivity index (χ0v) is 15.2. The third-order valence-electron chi connectivity index (χ3n) is 4.81. The number of nitrogens with one attached hydrogen (secondary N) is 1. The number of aromatic nitrogens is 1. The molecule has 9 heteroatoms. The highest BCUT2D eigenvalue weighted by Crippen LogP contribution is 2.31. The molecule has 29 heavy (non-hydrogen) atoms. The summed E-state index contributed by atoms with van der Waals surface area (Å²) in [6.45, 7) is 0.860. The van der Waals surface area contributed by atoms with Gasteiger partial charge in [0.1, 0.15) is 23.4 Å². The molecule has 1 aliphatic heterocycles. The minimum atomic E-state index is -0.818. The fraction of sp³-hybridized carbons (Fsp3) is 0.250. The van der Waals surface area contributed by atoms with Gasteiger partial charge in [-0.3, -0.25) is 4.79 Å². The minimum absolute atomic E-state index is 0.132. The number of carbonyl (C=O) groups excluding carboxylic acids is 1. The summed E-state index contributed by atoms with van der Waals surface area (Å²) >= 11 is 0. The third-order valence-corrected chi connectivity index (χ3v) is 4.81. The van der Waals surface area contributed by atoms with Crippen LogP contribution in [0.2, 0.25) is 0 Å². The number of nitrogens with zero attached hydrogens (tertiary/aromatic N) is 3. The van der Waals surface area contributed by atoms with Gasteiger partial charge in [0, 0.05) is 19.0 Å². The summed E-state index contributed by atoms with van der Waals surface area (Å²) in [4.78, 5) is 18.4. The van der Waals surface area contributed by atoms with Crippen molar-refractivity contribution in [3.63, 3.8) is 0 Å². The first-order valence-electron chi connectivity index (χ1n) is 9.01. The van der Waals surface area contributed by atoms with Crippen LogP contribution in [0.3, 0.4) is 0 Å². The van der Waals surface area contributed by atoms with Gasteiger partial charge in [0.25, 0.3) is 5.89 Å². The highest BCUT2D eigenvalue weighted by molar-refractivity contribution is 5.93. The molecule has 1 N–H and O–H groups in total. The van der Waals surface area contributed by atoms with Crippen molar-refractivity contribution in [1.29, 1.82) is 5.26 Å². The number of anilines is 2. The third kappa shape index (κ3) is 3.69. The van der Waals surface area contributed by atoms with Crippen molar-refractivity contribution < 1.29 is 22.4 Å². The molecule has 0 saturated carbocycles. The van der Waals surface area contributed by atoms with Gasteiger partial charge in [-0.2, -0.15) is 10.2 Å². The molecule has 1 aromatic carbocycles. The van der Waals surface area contributed by atoms with Crippen LogP contribution in [-0.2, 0) is 4.79 Å². The molecule has 7 nitrogen and oxygen atoms in total. The number of para-hydroxylation sites is 1. The monoisotopic (exact) mass is 398 g/mol. The Bertz CT molecular complexity index is 1040. The number of halogens is 2. The van der Waals surface area contributed by atoms with E-state index < -0.39 is 29.1 Å². The minimum Gasteiger partial charge on any atom is -0.459 e. The number of nitriles is 1. The van der Waals surface area contributed by atoms with Gasteiger partial charge in [-0.15, -0.1) is 0 Å². The normalized spacial score (nSPS) is 14.6. The Kier molecular flexibility index (Phi) is 4.99. The first-order valence-corrected chi connectivity index (χ1v) is 9.01. The number of rotatable bonds is 4. The fourth-order valence-electron chi connectivity index (χ4n) is 3.29. The van der Waals surface area contributed by atoms with Crippen molar-refractivity contribution >= 4 is 17.5 Å². The second kappa shape index (κ2) is 7.75. The zero-order chi connectivity index (χ0) is 20.4. The van der Waals surface area contributed by atoms with E-state index in [2.05, 4.69) is 10.3 Å². The summed E-state index contributed by atoms with van der Waals surface area (Å²) in [5.74, 6) is -1.56. The molecule has 0 bridgehead atoms. The molecular weight excluding hydrogens is 382 g/mol. The van der Waals surface area contributed by atoms with Crippen LogP contribution in [0.5, 0.6) is 0 Å². The first kappa shape index (κ1) is 18.7. The van der Waals surface area contributed by atoms with Crippen molar-refractivity contribution in [3.8, 4) is 17.7 Å². The van der Waals surface area contributed by atoms with Gasteiger partial charge >= 0.3 is 0 Å². The molecule has 0 radical (unpaired) electrons. The highest BCUT2D eigenvalue weighted by Gasteiger charge is 2.30. The number of amides is 1. The Labute approximate surface area is 164 Å². The van der Waals surface area contributed by atoms with E-state index in [-0.39, 0.29) is 11.6 Å². The number of benzene rings is 1. The summed E-state index contributed by atoms with van der Waals surface area (Å²) in [7, 11) is 0. The predicted molar refractivity (Wildman–Crippen MR) is 98.8 cm³/mol. The summed E-state index contributed by atoms with van der Waals surface area (Å²) in [5.41, 5.74) is -0.308. The van der Waals surface area contributed by atoms with Crippen LogP contribution in [0.15, 0.2) is 45.4 Å². The van der Waals surface area contributed by atoms with Gasteiger partial charge in [-0.25, -0.2) is 8.78 Å². The topological polar surface area (TPSA) is 95.3 Å². The Morgan fingerprint density at radius 1 is 1.21 bits per heavy atom. The lowest BCUT2D eigenvalue weighted by molar-refractivity contribution is -0.120. The van der Waals surface area contributed by atoms with E-state index in [0.29, 0.717) is 37.6 Å². The lowest BCUT2D eigenvalue weighted by Gasteiger charge is -2.31. The smallest absolute Gasteiger partial charge is 0.266 e. The molecule has 1 saturated heterocycles. The van der Waals surface area contributed by atoms with Crippen molar-refractivity contribution in [3.05, 3.63) is 53.9 Å². The summed E-state index contributed by atoms with van der Waals surface area (Å²) < 4.78 is 38.4.